The zero-order valence-electron chi connectivity index (χ0n) is 10.1. The normalized spacial score (nSPS) is 15.7. The molecule has 1 N–H and O–H groups in total. The second-order valence-electron chi connectivity index (χ2n) is 3.97. The zero-order valence-corrected chi connectivity index (χ0v) is 10.1. The molecule has 2 atom stereocenters. The summed E-state index contributed by atoms with van der Waals surface area (Å²) in [5.74, 6) is -0.0978. The molecule has 88 valence electrons. The van der Waals surface area contributed by atoms with Crippen molar-refractivity contribution in [2.75, 3.05) is 14.2 Å². The van der Waals surface area contributed by atoms with Gasteiger partial charge >= 0.3 is 0 Å². The summed E-state index contributed by atoms with van der Waals surface area (Å²) in [6.07, 6.45) is 2.68. The van der Waals surface area contributed by atoms with Gasteiger partial charge in [0.1, 0.15) is 0 Å². The zero-order chi connectivity index (χ0) is 12.0. The Kier molecular flexibility index (Phi) is 6.20. The first-order valence-corrected chi connectivity index (χ1v) is 5.08. The molecule has 0 heterocycles. The molecular weight excluding hydrogens is 194 g/mol. The van der Waals surface area contributed by atoms with Crippen LogP contribution in [0.25, 0.3) is 0 Å². The largest absolute Gasteiger partial charge is 0.392 e. The smallest absolute Gasteiger partial charge is 0.269 e. The van der Waals surface area contributed by atoms with Crippen LogP contribution >= 0.6 is 0 Å². The topological polar surface area (TPSA) is 49.8 Å². The highest BCUT2D eigenvalue weighted by molar-refractivity contribution is 5.86. The van der Waals surface area contributed by atoms with E-state index in [9.17, 15) is 9.90 Å². The summed E-state index contributed by atoms with van der Waals surface area (Å²) in [5, 5.41) is 10.8. The summed E-state index contributed by atoms with van der Waals surface area (Å²) in [6, 6.07) is 0. The van der Waals surface area contributed by atoms with Crippen molar-refractivity contribution in [1.82, 2.24) is 5.06 Å². The Labute approximate surface area is 91.5 Å². The summed E-state index contributed by atoms with van der Waals surface area (Å²) < 4.78 is 0. The number of likely N-dealkylation sites (N-methyl/N-ethyl adjacent to an activating group) is 1. The molecule has 0 aliphatic heterocycles. The third-order valence-corrected chi connectivity index (χ3v) is 2.35. The number of nitrogens with zero attached hydrogens (tertiary/aromatic N) is 1. The lowest BCUT2D eigenvalue weighted by atomic mass is 9.94. The Balaban J connectivity index is 4.22. The van der Waals surface area contributed by atoms with Crippen LogP contribution in [0, 0.1) is 11.8 Å². The van der Waals surface area contributed by atoms with E-state index in [1.807, 2.05) is 20.8 Å². The van der Waals surface area contributed by atoms with Crippen LogP contribution in [0.5, 0.6) is 0 Å². The van der Waals surface area contributed by atoms with Gasteiger partial charge in [-0.1, -0.05) is 26.8 Å². The van der Waals surface area contributed by atoms with Gasteiger partial charge in [0, 0.05) is 19.0 Å². The number of amides is 1. The number of hydrogen-bond acceptors (Lipinski definition) is 3. The minimum atomic E-state index is -0.429. The number of rotatable bonds is 5. The fraction of sp³-hybridized carbons (Fsp3) is 0.727. The van der Waals surface area contributed by atoms with E-state index < -0.39 is 6.10 Å². The van der Waals surface area contributed by atoms with Crippen molar-refractivity contribution in [1.29, 1.82) is 0 Å². The van der Waals surface area contributed by atoms with E-state index in [2.05, 4.69) is 0 Å². The number of carbonyl (C=O) groups excluding carboxylic acids is 1. The van der Waals surface area contributed by atoms with Gasteiger partial charge in [0.05, 0.1) is 13.2 Å². The summed E-state index contributed by atoms with van der Waals surface area (Å²) in [5.41, 5.74) is 0. The number of hydrogen-bond donors (Lipinski definition) is 1. The monoisotopic (exact) mass is 215 g/mol. The molecule has 15 heavy (non-hydrogen) atoms. The number of hydroxylamine groups is 2. The lowest BCUT2D eigenvalue weighted by molar-refractivity contribution is -0.162. The second kappa shape index (κ2) is 6.58. The summed E-state index contributed by atoms with van der Waals surface area (Å²) in [4.78, 5) is 16.0. The molecule has 4 nitrogen and oxygen atoms in total. The van der Waals surface area contributed by atoms with Crippen LogP contribution in [0.15, 0.2) is 12.2 Å². The molecule has 0 saturated heterocycles. The van der Waals surface area contributed by atoms with Crippen LogP contribution in [-0.2, 0) is 9.63 Å². The Bertz CT molecular complexity index is 226. The van der Waals surface area contributed by atoms with E-state index in [4.69, 9.17) is 4.84 Å². The Morgan fingerprint density at radius 2 is 1.93 bits per heavy atom. The predicted molar refractivity (Wildman–Crippen MR) is 58.9 cm³/mol. The van der Waals surface area contributed by atoms with Gasteiger partial charge in [0.25, 0.3) is 5.91 Å². The van der Waals surface area contributed by atoms with Crippen molar-refractivity contribution < 1.29 is 14.7 Å². The molecular formula is C11H21NO3. The van der Waals surface area contributed by atoms with Gasteiger partial charge in [0.2, 0.25) is 0 Å². The van der Waals surface area contributed by atoms with Crippen molar-refractivity contribution in [2.24, 2.45) is 11.8 Å². The molecule has 0 aliphatic rings. The maximum absolute atomic E-state index is 11.3. The summed E-state index contributed by atoms with van der Waals surface area (Å²) >= 11 is 0. The van der Waals surface area contributed by atoms with Gasteiger partial charge in [-0.3, -0.25) is 9.63 Å². The minimum Gasteiger partial charge on any atom is -0.392 e. The predicted octanol–water partition coefficient (Wildman–Crippen LogP) is 1.22. The molecule has 0 aromatic heterocycles. The van der Waals surface area contributed by atoms with Crippen molar-refractivity contribution in [3.8, 4) is 0 Å². The van der Waals surface area contributed by atoms with Crippen LogP contribution in [0.1, 0.15) is 20.8 Å². The number of aliphatic hydroxyl groups is 1. The van der Waals surface area contributed by atoms with Gasteiger partial charge in [-0.2, -0.15) is 0 Å². The fourth-order valence-corrected chi connectivity index (χ4v) is 1.15. The summed E-state index contributed by atoms with van der Waals surface area (Å²) in [7, 11) is 2.97. The van der Waals surface area contributed by atoms with Gasteiger partial charge < -0.3 is 5.11 Å². The molecule has 0 bridgehead atoms. The Morgan fingerprint density at radius 1 is 1.40 bits per heavy atom. The van der Waals surface area contributed by atoms with E-state index >= 15 is 0 Å². The van der Waals surface area contributed by atoms with Crippen molar-refractivity contribution in [2.45, 2.75) is 26.9 Å². The van der Waals surface area contributed by atoms with E-state index in [1.54, 1.807) is 6.08 Å². The highest BCUT2D eigenvalue weighted by atomic mass is 16.7. The first kappa shape index (κ1) is 14.1. The lowest BCUT2D eigenvalue weighted by Crippen LogP contribution is -2.25. The Morgan fingerprint density at radius 3 is 2.33 bits per heavy atom. The van der Waals surface area contributed by atoms with Crippen LogP contribution in [0.4, 0.5) is 0 Å². The van der Waals surface area contributed by atoms with Gasteiger partial charge in [-0.05, 0) is 5.92 Å². The highest BCUT2D eigenvalue weighted by Gasteiger charge is 2.15. The Hall–Kier alpha value is -0.870. The first-order chi connectivity index (χ1) is 6.90. The number of carbonyl (C=O) groups is 1. The maximum Gasteiger partial charge on any atom is 0.269 e. The van der Waals surface area contributed by atoms with Crippen LogP contribution in [0.3, 0.4) is 0 Å². The molecule has 0 unspecified atom stereocenters. The van der Waals surface area contributed by atoms with E-state index in [1.165, 1.54) is 20.2 Å². The fourth-order valence-electron chi connectivity index (χ4n) is 1.15. The quantitative estimate of drug-likeness (QED) is 0.554. The first-order valence-electron chi connectivity index (χ1n) is 5.08. The lowest BCUT2D eigenvalue weighted by Gasteiger charge is -2.19. The SMILES string of the molecule is CON(C)C(=O)/C=C/[C@H](C)[C@@H](O)C(C)C. The molecule has 0 saturated carbocycles. The van der Waals surface area contributed by atoms with Crippen molar-refractivity contribution >= 4 is 5.91 Å². The third kappa shape index (κ3) is 4.95. The average molecular weight is 215 g/mol. The maximum atomic E-state index is 11.3. The summed E-state index contributed by atoms with van der Waals surface area (Å²) in [6.45, 7) is 5.76. The highest BCUT2D eigenvalue weighted by Crippen LogP contribution is 2.13. The number of aliphatic hydroxyl groups excluding tert-OH is 1. The molecule has 0 aromatic rings. The molecule has 0 rings (SSSR count). The standard InChI is InChI=1S/C11H21NO3/c1-8(2)11(14)9(3)6-7-10(13)12(4)15-5/h6-9,11,14H,1-5H3/b7-6+/t9-,11-/m0/s1. The van der Waals surface area contributed by atoms with Crippen LogP contribution in [0.2, 0.25) is 0 Å². The van der Waals surface area contributed by atoms with Crippen molar-refractivity contribution in [3.63, 3.8) is 0 Å². The minimum absolute atomic E-state index is 0.0424. The molecule has 0 spiro atoms. The molecule has 1 amide bonds. The molecule has 0 fully saturated rings. The average Bonchev–Trinajstić information content (AvgIpc) is 2.22. The van der Waals surface area contributed by atoms with E-state index in [0.717, 1.165) is 5.06 Å². The van der Waals surface area contributed by atoms with Gasteiger partial charge in [-0.25, -0.2) is 5.06 Å². The third-order valence-electron chi connectivity index (χ3n) is 2.35. The van der Waals surface area contributed by atoms with E-state index in [0.29, 0.717) is 0 Å². The van der Waals surface area contributed by atoms with Gasteiger partial charge in [0.15, 0.2) is 0 Å². The second-order valence-corrected chi connectivity index (χ2v) is 3.97. The van der Waals surface area contributed by atoms with Crippen molar-refractivity contribution in [3.05, 3.63) is 12.2 Å². The molecule has 4 heteroatoms. The van der Waals surface area contributed by atoms with Gasteiger partial charge in [-0.15, -0.1) is 0 Å². The molecule has 0 radical (unpaired) electrons. The van der Waals surface area contributed by atoms with E-state index in [-0.39, 0.29) is 17.7 Å². The van der Waals surface area contributed by atoms with Crippen LogP contribution < -0.4 is 0 Å². The molecule has 0 aromatic carbocycles. The molecule has 0 aliphatic carbocycles. The van der Waals surface area contributed by atoms with Crippen LogP contribution in [-0.4, -0.2) is 36.3 Å².